The van der Waals surface area contributed by atoms with Gasteiger partial charge < -0.3 is 10.0 Å². The molecule has 0 bridgehead atoms. The summed E-state index contributed by atoms with van der Waals surface area (Å²) in [6, 6.07) is -1.77. The number of nitrogens with zero attached hydrogens (tertiary/aromatic N) is 1. The Morgan fingerprint density at radius 1 is 1.50 bits per heavy atom. The van der Waals surface area contributed by atoms with Gasteiger partial charge in [-0.1, -0.05) is 6.92 Å². The highest BCUT2D eigenvalue weighted by atomic mass is 32.2. The number of hydrogen-bond acceptors (Lipinski definition) is 5. The Morgan fingerprint density at radius 2 is 2.10 bits per heavy atom. The maximum absolute atomic E-state index is 12.1. The van der Waals surface area contributed by atoms with E-state index in [0.717, 1.165) is 0 Å². The smallest absolute Gasteiger partial charge is 0.327 e. The molecule has 0 aromatic carbocycles. The number of fused-ring (bicyclic) bond motifs is 1. The average molecular weight is 322 g/mol. The van der Waals surface area contributed by atoms with Gasteiger partial charge in [-0.25, -0.2) is 13.2 Å². The van der Waals surface area contributed by atoms with Crippen molar-refractivity contribution in [3.63, 3.8) is 0 Å². The molecule has 7 nitrogen and oxygen atoms in total. The summed E-state index contributed by atoms with van der Waals surface area (Å²) in [5.74, 6) is -1.56. The van der Waals surface area contributed by atoms with Crippen molar-refractivity contribution in [2.45, 2.75) is 49.4 Å². The van der Waals surface area contributed by atoms with Crippen LogP contribution in [0.3, 0.4) is 0 Å². The van der Waals surface area contributed by atoms with Crippen molar-refractivity contribution in [3.8, 4) is 0 Å². The summed E-state index contributed by atoms with van der Waals surface area (Å²) in [6.07, 6.45) is 0.459. The summed E-state index contributed by atoms with van der Waals surface area (Å²) in [7, 11) is -3.50. The van der Waals surface area contributed by atoms with Crippen LogP contribution in [0.15, 0.2) is 0 Å². The number of carbonyl (C=O) groups is 2. The highest BCUT2D eigenvalue weighted by molar-refractivity contribution is 8.01. The van der Waals surface area contributed by atoms with Crippen LogP contribution < -0.4 is 4.72 Å². The largest absolute Gasteiger partial charge is 0.480 e. The Kier molecular flexibility index (Phi) is 3.81. The number of amides is 1. The Hall–Kier alpha value is -0.800. The summed E-state index contributed by atoms with van der Waals surface area (Å²) in [6.45, 7) is 5.24. The van der Waals surface area contributed by atoms with Crippen LogP contribution in [0.4, 0.5) is 0 Å². The van der Waals surface area contributed by atoms with Crippen molar-refractivity contribution < 1.29 is 23.1 Å². The van der Waals surface area contributed by atoms with E-state index >= 15 is 0 Å². The molecule has 2 heterocycles. The quantitative estimate of drug-likeness (QED) is 0.681. The number of nitrogens with one attached hydrogen (secondary N) is 1. The number of carboxylic acids is 1. The molecule has 3 unspecified atom stereocenters. The first-order chi connectivity index (χ1) is 9.10. The van der Waals surface area contributed by atoms with Gasteiger partial charge >= 0.3 is 5.97 Å². The number of carbonyl (C=O) groups excluding carboxylic acids is 1. The Morgan fingerprint density at radius 3 is 2.60 bits per heavy atom. The highest BCUT2D eigenvalue weighted by Crippen LogP contribution is 2.50. The molecule has 2 fully saturated rings. The molecule has 2 saturated heterocycles. The van der Waals surface area contributed by atoms with E-state index in [9.17, 15) is 23.1 Å². The van der Waals surface area contributed by atoms with E-state index in [4.69, 9.17) is 0 Å². The van der Waals surface area contributed by atoms with Crippen LogP contribution in [0.25, 0.3) is 0 Å². The van der Waals surface area contributed by atoms with Crippen LogP contribution in [0.2, 0.25) is 0 Å². The second-order valence-corrected chi connectivity index (χ2v) is 9.16. The minimum atomic E-state index is -3.50. The Bertz CT molecular complexity index is 545. The van der Waals surface area contributed by atoms with Crippen LogP contribution in [0.5, 0.6) is 0 Å². The number of sulfonamides is 1. The normalized spacial score (nSPS) is 31.9. The molecule has 2 aliphatic rings. The van der Waals surface area contributed by atoms with Crippen LogP contribution in [-0.4, -0.2) is 58.3 Å². The number of thioether (sulfide) groups is 1. The third-order valence-electron chi connectivity index (χ3n) is 3.45. The molecule has 3 atom stereocenters. The molecule has 2 N–H and O–H groups in total. The van der Waals surface area contributed by atoms with Crippen molar-refractivity contribution in [2.24, 2.45) is 0 Å². The fourth-order valence-corrected chi connectivity index (χ4v) is 5.63. The number of β-lactam (4-membered cyclic amide) rings is 1. The second kappa shape index (κ2) is 4.88. The van der Waals surface area contributed by atoms with Gasteiger partial charge in [-0.2, -0.15) is 4.72 Å². The van der Waals surface area contributed by atoms with Crippen LogP contribution in [-0.2, 0) is 19.6 Å². The standard InChI is InChI=1S/C11H18N2O5S2/c1-4-5-20(17,18)12-6-8(14)13-7(10(15)16)11(2,3)19-9(6)13/h6-7,9,12H,4-5H2,1-3H3,(H,15,16). The average Bonchev–Trinajstić information content (AvgIpc) is 2.55. The lowest BCUT2D eigenvalue weighted by Gasteiger charge is -2.43. The number of aliphatic carboxylic acids is 1. The van der Waals surface area contributed by atoms with Gasteiger partial charge in [0.1, 0.15) is 17.5 Å². The SMILES string of the molecule is CCCS(=O)(=O)NC1C(=O)N2C1SC(C)(C)C2C(=O)O. The van der Waals surface area contributed by atoms with E-state index in [0.29, 0.717) is 6.42 Å². The van der Waals surface area contributed by atoms with Gasteiger partial charge in [0.15, 0.2) is 0 Å². The fraction of sp³-hybridized carbons (Fsp3) is 0.818. The molecule has 2 rings (SSSR count). The third-order valence-corrected chi connectivity index (χ3v) is 6.58. The molecule has 20 heavy (non-hydrogen) atoms. The lowest BCUT2D eigenvalue weighted by molar-refractivity contribution is -0.159. The molecular formula is C11H18N2O5S2. The molecule has 0 aromatic rings. The van der Waals surface area contributed by atoms with Crippen molar-refractivity contribution in [1.29, 1.82) is 0 Å². The summed E-state index contributed by atoms with van der Waals surface area (Å²) >= 11 is 1.32. The Labute approximate surface area is 122 Å². The van der Waals surface area contributed by atoms with Crippen molar-refractivity contribution in [2.75, 3.05) is 5.75 Å². The first-order valence-electron chi connectivity index (χ1n) is 6.33. The molecule has 0 radical (unpaired) electrons. The molecular weight excluding hydrogens is 304 g/mol. The minimum absolute atomic E-state index is 0.0417. The van der Waals surface area contributed by atoms with Gasteiger partial charge in [0, 0.05) is 4.75 Å². The molecule has 1 amide bonds. The molecule has 0 spiro atoms. The summed E-state index contributed by atoms with van der Waals surface area (Å²) < 4.78 is 25.2. The van der Waals surface area contributed by atoms with Crippen molar-refractivity contribution in [1.82, 2.24) is 9.62 Å². The lowest BCUT2D eigenvalue weighted by Crippen LogP contribution is -2.70. The zero-order chi connectivity index (χ0) is 15.3. The first kappa shape index (κ1) is 15.6. The van der Waals surface area contributed by atoms with Gasteiger partial charge in [0.05, 0.1) is 5.75 Å². The van der Waals surface area contributed by atoms with E-state index in [-0.39, 0.29) is 5.75 Å². The van der Waals surface area contributed by atoms with Gasteiger partial charge in [0.2, 0.25) is 15.9 Å². The van der Waals surface area contributed by atoms with Crippen molar-refractivity contribution >= 4 is 33.7 Å². The van der Waals surface area contributed by atoms with Gasteiger partial charge in [0.25, 0.3) is 0 Å². The van der Waals surface area contributed by atoms with Crippen LogP contribution >= 0.6 is 11.8 Å². The zero-order valence-electron chi connectivity index (χ0n) is 11.5. The molecule has 0 saturated carbocycles. The summed E-state index contributed by atoms with van der Waals surface area (Å²) in [4.78, 5) is 24.6. The molecule has 2 aliphatic heterocycles. The number of rotatable bonds is 5. The van der Waals surface area contributed by atoms with E-state index in [1.807, 2.05) is 0 Å². The molecule has 0 aliphatic carbocycles. The zero-order valence-corrected chi connectivity index (χ0v) is 13.1. The van der Waals surface area contributed by atoms with Crippen LogP contribution in [0, 0.1) is 0 Å². The van der Waals surface area contributed by atoms with E-state index in [2.05, 4.69) is 4.72 Å². The molecule has 9 heteroatoms. The van der Waals surface area contributed by atoms with Gasteiger partial charge in [-0.15, -0.1) is 11.8 Å². The summed E-state index contributed by atoms with van der Waals surface area (Å²) in [5.41, 5.74) is 0. The first-order valence-corrected chi connectivity index (χ1v) is 8.86. The topological polar surface area (TPSA) is 104 Å². The van der Waals surface area contributed by atoms with E-state index in [1.54, 1.807) is 20.8 Å². The Balaban J connectivity index is 2.17. The third kappa shape index (κ3) is 2.42. The fourth-order valence-electron chi connectivity index (χ4n) is 2.64. The second-order valence-electron chi connectivity index (χ2n) is 5.51. The van der Waals surface area contributed by atoms with Crippen molar-refractivity contribution in [3.05, 3.63) is 0 Å². The highest BCUT2D eigenvalue weighted by Gasteiger charge is 2.64. The maximum atomic E-state index is 12.1. The maximum Gasteiger partial charge on any atom is 0.327 e. The molecule has 0 aromatic heterocycles. The minimum Gasteiger partial charge on any atom is -0.480 e. The van der Waals surface area contributed by atoms with E-state index in [1.165, 1.54) is 16.7 Å². The molecule has 114 valence electrons. The predicted molar refractivity (Wildman–Crippen MR) is 74.7 cm³/mol. The predicted octanol–water partition coefficient (Wildman–Crippen LogP) is -0.169. The lowest BCUT2D eigenvalue weighted by atomic mass is 9.96. The summed E-state index contributed by atoms with van der Waals surface area (Å²) in [5, 5.41) is 8.81. The monoisotopic (exact) mass is 322 g/mol. The van der Waals surface area contributed by atoms with Gasteiger partial charge in [-0.3, -0.25) is 4.79 Å². The van der Waals surface area contributed by atoms with Gasteiger partial charge in [-0.05, 0) is 20.3 Å². The van der Waals surface area contributed by atoms with Crippen LogP contribution in [0.1, 0.15) is 27.2 Å². The number of carboxylic acid groups (broad SMARTS) is 1. The van der Waals surface area contributed by atoms with E-state index < -0.39 is 44.1 Å². The number of hydrogen-bond donors (Lipinski definition) is 2.